The second kappa shape index (κ2) is 6.67. The first-order valence-electron chi connectivity index (χ1n) is 7.09. The van der Waals surface area contributed by atoms with Gasteiger partial charge in [0, 0.05) is 0 Å². The molecule has 0 saturated carbocycles. The quantitative estimate of drug-likeness (QED) is 0.659. The predicted molar refractivity (Wildman–Crippen MR) is 88.6 cm³/mol. The number of nitrogens with zero attached hydrogens (tertiary/aromatic N) is 4. The van der Waals surface area contributed by atoms with E-state index in [1.54, 1.807) is 12.1 Å². The minimum atomic E-state index is -0.630. The van der Waals surface area contributed by atoms with Gasteiger partial charge in [-0.05, 0) is 6.07 Å². The fourth-order valence-corrected chi connectivity index (χ4v) is 2.21. The number of hydrogen-bond donors (Lipinski definition) is 1. The van der Waals surface area contributed by atoms with Crippen LogP contribution in [0.2, 0.25) is 0 Å². The number of nitrogens with one attached hydrogen (secondary N) is 1. The molecule has 1 amide bonds. The summed E-state index contributed by atoms with van der Waals surface area (Å²) in [7, 11) is 7.11. The highest BCUT2D eigenvalue weighted by molar-refractivity contribution is 6.33. The fraction of sp³-hybridized carbons (Fsp3) is 0.133. The fourth-order valence-electron chi connectivity index (χ4n) is 2.21. The molecule has 0 unspecified atom stereocenters. The van der Waals surface area contributed by atoms with Gasteiger partial charge < -0.3 is 4.74 Å². The Labute approximate surface area is 142 Å². The Morgan fingerprint density at radius 1 is 1.32 bits per heavy atom. The maximum absolute atomic E-state index is 12.8. The van der Waals surface area contributed by atoms with Crippen LogP contribution in [0, 0.1) is 5.82 Å². The van der Waals surface area contributed by atoms with Crippen molar-refractivity contribution in [2.75, 3.05) is 12.4 Å². The molecule has 2 heterocycles. The summed E-state index contributed by atoms with van der Waals surface area (Å²) in [6.07, 6.45) is 1.83. The lowest BCUT2D eigenvalue weighted by Crippen LogP contribution is -2.30. The van der Waals surface area contributed by atoms with E-state index in [9.17, 15) is 14.0 Å². The minimum Gasteiger partial charge on any atom is -0.480 e. The highest BCUT2D eigenvalue weighted by Gasteiger charge is 2.14. The standard InChI is InChI=1S/C15H11BFN5O3/c1-25-13-11-4-8(16)2-3-10(11)14(24)22(21-13)7-12(23)20-15-18-5-9(17)6-19-15/h2-6H,7H2,1H3,(H,18,19,20,23). The molecule has 1 N–H and O–H groups in total. The van der Waals surface area contributed by atoms with Gasteiger partial charge in [0.05, 0.1) is 30.3 Å². The van der Waals surface area contributed by atoms with Gasteiger partial charge in [-0.1, -0.05) is 17.6 Å². The second-order valence-electron chi connectivity index (χ2n) is 5.05. The summed E-state index contributed by atoms with van der Waals surface area (Å²) in [6, 6.07) is 4.67. The zero-order valence-corrected chi connectivity index (χ0v) is 13.1. The van der Waals surface area contributed by atoms with E-state index in [1.807, 2.05) is 0 Å². The lowest BCUT2D eigenvalue weighted by Gasteiger charge is -2.10. The van der Waals surface area contributed by atoms with Crippen LogP contribution in [0.4, 0.5) is 10.3 Å². The molecule has 2 radical (unpaired) electrons. The highest BCUT2D eigenvalue weighted by atomic mass is 19.1. The third-order valence-electron chi connectivity index (χ3n) is 3.31. The number of benzene rings is 1. The Bertz CT molecular complexity index is 1010. The first-order valence-corrected chi connectivity index (χ1v) is 7.09. The first-order chi connectivity index (χ1) is 12.0. The van der Waals surface area contributed by atoms with Crippen LogP contribution in [0.15, 0.2) is 35.4 Å². The van der Waals surface area contributed by atoms with E-state index in [1.165, 1.54) is 13.2 Å². The number of carbonyl (C=O) groups excluding carboxylic acids is 1. The Morgan fingerprint density at radius 3 is 2.72 bits per heavy atom. The third-order valence-corrected chi connectivity index (χ3v) is 3.31. The number of hydrogen-bond acceptors (Lipinski definition) is 6. The van der Waals surface area contributed by atoms with Gasteiger partial charge in [0.15, 0.2) is 5.82 Å². The van der Waals surface area contributed by atoms with Gasteiger partial charge in [0.2, 0.25) is 17.7 Å². The lowest BCUT2D eigenvalue weighted by atomic mass is 9.94. The van der Waals surface area contributed by atoms with Crippen molar-refractivity contribution < 1.29 is 13.9 Å². The molecular formula is C15H11BFN5O3. The summed E-state index contributed by atoms with van der Waals surface area (Å²) in [5, 5.41) is 7.13. The molecule has 8 nitrogen and oxygen atoms in total. The minimum absolute atomic E-state index is 0.0834. The SMILES string of the molecule is [B]c1ccc2c(=O)n(CC(=O)Nc3ncc(F)cn3)nc(OC)c2c1. The maximum Gasteiger partial charge on any atom is 0.275 e. The molecule has 3 aromatic rings. The summed E-state index contributed by atoms with van der Waals surface area (Å²) in [5.41, 5.74) is -0.0260. The Kier molecular flexibility index (Phi) is 4.42. The van der Waals surface area contributed by atoms with Gasteiger partial charge in [0.1, 0.15) is 14.4 Å². The predicted octanol–water partition coefficient (Wildman–Crippen LogP) is -0.233. The molecule has 0 aliphatic carbocycles. The van der Waals surface area contributed by atoms with Crippen molar-refractivity contribution in [2.45, 2.75) is 6.54 Å². The van der Waals surface area contributed by atoms with Crippen molar-refractivity contribution in [1.29, 1.82) is 0 Å². The van der Waals surface area contributed by atoms with Gasteiger partial charge in [-0.2, -0.15) is 0 Å². The van der Waals surface area contributed by atoms with Crippen LogP contribution in [0.5, 0.6) is 5.88 Å². The van der Waals surface area contributed by atoms with E-state index in [0.717, 1.165) is 17.1 Å². The number of aromatic nitrogens is 4. The average Bonchev–Trinajstić information content (AvgIpc) is 2.59. The van der Waals surface area contributed by atoms with E-state index in [0.29, 0.717) is 16.2 Å². The number of methoxy groups -OCH3 is 1. The Hall–Kier alpha value is -3.30. The van der Waals surface area contributed by atoms with Crippen LogP contribution >= 0.6 is 0 Å². The topological polar surface area (TPSA) is 99.0 Å². The van der Waals surface area contributed by atoms with E-state index in [4.69, 9.17) is 12.6 Å². The zero-order chi connectivity index (χ0) is 18.0. The maximum atomic E-state index is 12.8. The van der Waals surface area contributed by atoms with Crippen LogP contribution in [0.1, 0.15) is 0 Å². The number of anilines is 1. The molecule has 124 valence electrons. The third kappa shape index (κ3) is 3.47. The Balaban J connectivity index is 1.91. The summed E-state index contributed by atoms with van der Waals surface area (Å²) in [5.74, 6) is -1.15. The number of carbonyl (C=O) groups is 1. The van der Waals surface area contributed by atoms with Crippen LogP contribution in [0.3, 0.4) is 0 Å². The van der Waals surface area contributed by atoms with Crippen LogP contribution < -0.4 is 21.1 Å². The monoisotopic (exact) mass is 339 g/mol. The van der Waals surface area contributed by atoms with Gasteiger partial charge in [-0.15, -0.1) is 5.10 Å². The van der Waals surface area contributed by atoms with Crippen LogP contribution in [0.25, 0.3) is 10.8 Å². The largest absolute Gasteiger partial charge is 0.480 e. The van der Waals surface area contributed by atoms with Crippen molar-refractivity contribution in [3.8, 4) is 5.88 Å². The van der Waals surface area contributed by atoms with Crippen molar-refractivity contribution in [2.24, 2.45) is 0 Å². The number of amides is 1. The average molecular weight is 339 g/mol. The van der Waals surface area contributed by atoms with Gasteiger partial charge in [0.25, 0.3) is 5.56 Å². The number of fused-ring (bicyclic) bond motifs is 1. The normalized spacial score (nSPS) is 10.6. The first kappa shape index (κ1) is 16.6. The van der Waals surface area contributed by atoms with E-state index < -0.39 is 23.8 Å². The van der Waals surface area contributed by atoms with Gasteiger partial charge >= 0.3 is 0 Å². The van der Waals surface area contributed by atoms with Gasteiger partial charge in [-0.3, -0.25) is 14.9 Å². The van der Waals surface area contributed by atoms with Gasteiger partial charge in [-0.25, -0.2) is 19.0 Å². The molecule has 25 heavy (non-hydrogen) atoms. The van der Waals surface area contributed by atoms with E-state index >= 15 is 0 Å². The highest BCUT2D eigenvalue weighted by Crippen LogP contribution is 2.18. The molecule has 0 fully saturated rings. The lowest BCUT2D eigenvalue weighted by molar-refractivity contribution is -0.117. The summed E-state index contributed by atoms with van der Waals surface area (Å²) in [4.78, 5) is 31.8. The van der Waals surface area contributed by atoms with Crippen molar-refractivity contribution in [3.05, 3.63) is 46.8 Å². The van der Waals surface area contributed by atoms with Crippen molar-refractivity contribution in [3.63, 3.8) is 0 Å². The molecule has 0 bridgehead atoms. The number of halogens is 1. The van der Waals surface area contributed by atoms with Crippen LogP contribution in [-0.2, 0) is 11.3 Å². The van der Waals surface area contributed by atoms with Crippen molar-refractivity contribution >= 4 is 35.9 Å². The molecule has 0 saturated heterocycles. The Morgan fingerprint density at radius 2 is 2.04 bits per heavy atom. The number of rotatable bonds is 4. The van der Waals surface area contributed by atoms with Crippen molar-refractivity contribution in [1.82, 2.24) is 19.7 Å². The molecule has 2 aromatic heterocycles. The molecule has 10 heteroatoms. The smallest absolute Gasteiger partial charge is 0.275 e. The summed E-state index contributed by atoms with van der Waals surface area (Å²) in [6.45, 7) is -0.393. The zero-order valence-electron chi connectivity index (χ0n) is 13.1. The summed E-state index contributed by atoms with van der Waals surface area (Å²) >= 11 is 0. The molecule has 0 atom stereocenters. The molecule has 3 rings (SSSR count). The summed E-state index contributed by atoms with van der Waals surface area (Å²) < 4.78 is 18.9. The molecule has 1 aromatic carbocycles. The van der Waals surface area contributed by atoms with Crippen LogP contribution in [-0.4, -0.2) is 40.6 Å². The van der Waals surface area contributed by atoms with E-state index in [-0.39, 0.29) is 11.8 Å². The van der Waals surface area contributed by atoms with E-state index in [2.05, 4.69) is 20.4 Å². The second-order valence-corrected chi connectivity index (χ2v) is 5.05. The molecule has 0 aliphatic heterocycles. The molecular weight excluding hydrogens is 328 g/mol. The number of ether oxygens (including phenoxy) is 1. The molecule has 0 spiro atoms. The molecule has 0 aliphatic rings.